The zero-order valence-corrected chi connectivity index (χ0v) is 32.3. The predicted molar refractivity (Wildman–Crippen MR) is 221 cm³/mol. The number of hydrogen-bond donors (Lipinski definition) is 3. The average molecular weight is 772 g/mol. The second kappa shape index (κ2) is 15.2. The van der Waals surface area contributed by atoms with Crippen molar-refractivity contribution >= 4 is 52.0 Å². The third-order valence-electron chi connectivity index (χ3n) is 10.8. The first-order valence-electron chi connectivity index (χ1n) is 18.5. The molecule has 0 saturated heterocycles. The fourth-order valence-electron chi connectivity index (χ4n) is 8.22. The van der Waals surface area contributed by atoms with Gasteiger partial charge in [0.1, 0.15) is 0 Å². The molecule has 276 valence electrons. The topological polar surface area (TPSA) is 125 Å². The van der Waals surface area contributed by atoms with E-state index in [0.29, 0.717) is 17.7 Å². The molecule has 2 aliphatic rings. The van der Waals surface area contributed by atoms with Gasteiger partial charge in [-0.15, -0.1) is 0 Å². The number of nitrogens with one attached hydrogen (secondary N) is 3. The standard InChI is InChI=1S/C45H37N7O2S2/c1-46-44(53)31-11-3-5-15-36(31)55-27-17-19-29-26(23-27)25-50-42(29)40-38(33-13-7-9-21-48-33)41(39(40)34-14-8-10-22-49-34)43-30-20-18-28(24-35(30)51-52-43)56-37-16-6-4-12-32(37)45(54)47-2/h3-24,38-41H,25H2,1-2H3,(H,46,53)(H,47,54)(H,51,52). The van der Waals surface area contributed by atoms with Gasteiger partial charge < -0.3 is 10.6 Å². The molecular weight excluding hydrogens is 735 g/mol. The fraction of sp³-hybridized carbons (Fsp3) is 0.156. The number of amides is 2. The smallest absolute Gasteiger partial charge is 0.252 e. The van der Waals surface area contributed by atoms with Crippen LogP contribution >= 0.6 is 23.5 Å². The first kappa shape index (κ1) is 35.6. The van der Waals surface area contributed by atoms with Crippen molar-refractivity contribution in [2.75, 3.05) is 14.1 Å². The fourth-order valence-corrected chi connectivity index (χ4v) is 10.2. The van der Waals surface area contributed by atoms with Crippen molar-refractivity contribution in [3.63, 3.8) is 0 Å². The summed E-state index contributed by atoms with van der Waals surface area (Å²) in [5, 5.41) is 14.9. The van der Waals surface area contributed by atoms with Crippen LogP contribution in [0.2, 0.25) is 0 Å². The van der Waals surface area contributed by atoms with Gasteiger partial charge in [0, 0.05) is 103 Å². The summed E-state index contributed by atoms with van der Waals surface area (Å²) in [6.45, 7) is 0.581. The van der Waals surface area contributed by atoms with Gasteiger partial charge in [-0.25, -0.2) is 0 Å². The largest absolute Gasteiger partial charge is 0.355 e. The number of benzene rings is 4. The molecule has 1 fully saturated rings. The maximum atomic E-state index is 12.6. The number of H-pyrrole nitrogens is 1. The Bertz CT molecular complexity index is 2580. The normalized spacial score (nSPS) is 18.5. The van der Waals surface area contributed by atoms with Crippen LogP contribution in [0.5, 0.6) is 0 Å². The lowest BCUT2D eigenvalue weighted by molar-refractivity contribution is 0.0952. The van der Waals surface area contributed by atoms with E-state index in [4.69, 9.17) is 20.1 Å². The van der Waals surface area contributed by atoms with Crippen LogP contribution < -0.4 is 10.6 Å². The minimum absolute atomic E-state index is 0.00137. The van der Waals surface area contributed by atoms with Crippen molar-refractivity contribution in [1.29, 1.82) is 0 Å². The number of fused-ring (bicyclic) bond motifs is 2. The molecule has 0 spiro atoms. The monoisotopic (exact) mass is 771 g/mol. The number of nitrogens with zero attached hydrogens (tertiary/aromatic N) is 4. The summed E-state index contributed by atoms with van der Waals surface area (Å²) in [5.41, 5.74) is 8.59. The average Bonchev–Trinajstić information content (AvgIpc) is 3.84. The first-order chi connectivity index (χ1) is 27.5. The van der Waals surface area contributed by atoms with E-state index in [1.54, 1.807) is 37.6 Å². The van der Waals surface area contributed by atoms with Crippen molar-refractivity contribution in [3.05, 3.63) is 173 Å². The van der Waals surface area contributed by atoms with Crippen molar-refractivity contribution in [2.24, 2.45) is 10.9 Å². The van der Waals surface area contributed by atoms with Crippen LogP contribution in [0.1, 0.15) is 66.7 Å². The Hall–Kier alpha value is -6.04. The van der Waals surface area contributed by atoms with Gasteiger partial charge in [-0.05, 0) is 84.4 Å². The molecule has 9 nitrogen and oxygen atoms in total. The van der Waals surface area contributed by atoms with Crippen LogP contribution in [0.4, 0.5) is 0 Å². The molecule has 1 saturated carbocycles. The Morgan fingerprint density at radius 2 is 1.21 bits per heavy atom. The molecule has 2 unspecified atom stereocenters. The third-order valence-corrected chi connectivity index (χ3v) is 12.9. The number of pyridine rings is 2. The van der Waals surface area contributed by atoms with Crippen molar-refractivity contribution in [2.45, 2.75) is 43.9 Å². The van der Waals surface area contributed by atoms with Crippen molar-refractivity contribution in [3.8, 4) is 0 Å². The minimum atomic E-state index is -0.116. The lowest BCUT2D eigenvalue weighted by Crippen LogP contribution is -2.47. The van der Waals surface area contributed by atoms with E-state index in [1.165, 1.54) is 5.56 Å². The van der Waals surface area contributed by atoms with Gasteiger partial charge in [-0.3, -0.25) is 29.6 Å². The van der Waals surface area contributed by atoms with Crippen LogP contribution in [0.15, 0.2) is 158 Å². The van der Waals surface area contributed by atoms with E-state index in [1.807, 2.05) is 73.1 Å². The Balaban J connectivity index is 1.08. The summed E-state index contributed by atoms with van der Waals surface area (Å²) in [5.74, 6) is -0.224. The number of carbonyl (C=O) groups is 2. The minimum Gasteiger partial charge on any atom is -0.355 e. The summed E-state index contributed by atoms with van der Waals surface area (Å²) >= 11 is 3.14. The number of aliphatic imine (C=N–C) groups is 1. The zero-order chi connectivity index (χ0) is 38.2. The van der Waals surface area contributed by atoms with E-state index in [0.717, 1.165) is 58.8 Å². The summed E-state index contributed by atoms with van der Waals surface area (Å²) in [6.07, 6.45) is 3.74. The molecule has 3 N–H and O–H groups in total. The number of aromatic nitrogens is 4. The molecule has 56 heavy (non-hydrogen) atoms. The van der Waals surface area contributed by atoms with Crippen LogP contribution in [-0.4, -0.2) is 51.8 Å². The number of aromatic amines is 1. The second-order valence-electron chi connectivity index (χ2n) is 13.8. The van der Waals surface area contributed by atoms with Crippen LogP contribution in [0, 0.1) is 5.92 Å². The molecule has 1 aliphatic heterocycles. The highest BCUT2D eigenvalue weighted by molar-refractivity contribution is 7.99. The molecular formula is C45H37N7O2S2. The SMILES string of the molecule is CNC(=O)c1ccccc1Sc1ccc2c(c1)CN=C2C1C(c2ccccn2)C(c2[nH]nc3cc(Sc4ccccc4C(=O)NC)ccc23)C1c1ccccn1. The molecule has 3 aromatic heterocycles. The molecule has 0 bridgehead atoms. The van der Waals surface area contributed by atoms with Crippen molar-refractivity contribution < 1.29 is 9.59 Å². The van der Waals surface area contributed by atoms with Crippen molar-refractivity contribution in [1.82, 2.24) is 30.8 Å². The van der Waals surface area contributed by atoms with Gasteiger partial charge in [0.05, 0.1) is 23.2 Å². The highest BCUT2D eigenvalue weighted by atomic mass is 32.2. The van der Waals surface area contributed by atoms with Gasteiger partial charge in [0.15, 0.2) is 0 Å². The molecule has 0 radical (unpaired) electrons. The molecule has 2 amide bonds. The van der Waals surface area contributed by atoms with E-state index in [-0.39, 0.29) is 35.5 Å². The van der Waals surface area contributed by atoms with E-state index in [2.05, 4.69) is 76.4 Å². The summed E-state index contributed by atoms with van der Waals surface area (Å²) < 4.78 is 0. The number of hydrogen-bond acceptors (Lipinski definition) is 8. The lowest BCUT2D eigenvalue weighted by Gasteiger charge is -2.51. The van der Waals surface area contributed by atoms with Gasteiger partial charge in [0.25, 0.3) is 11.8 Å². The highest BCUT2D eigenvalue weighted by Crippen LogP contribution is 2.63. The predicted octanol–water partition coefficient (Wildman–Crippen LogP) is 8.66. The van der Waals surface area contributed by atoms with Gasteiger partial charge in [-0.2, -0.15) is 5.10 Å². The van der Waals surface area contributed by atoms with Gasteiger partial charge in [0.2, 0.25) is 0 Å². The van der Waals surface area contributed by atoms with E-state index < -0.39 is 0 Å². The van der Waals surface area contributed by atoms with Gasteiger partial charge >= 0.3 is 0 Å². The molecule has 9 rings (SSSR count). The lowest BCUT2D eigenvalue weighted by atomic mass is 9.51. The second-order valence-corrected chi connectivity index (χ2v) is 16.0. The zero-order valence-electron chi connectivity index (χ0n) is 30.6. The Morgan fingerprint density at radius 1 is 0.643 bits per heavy atom. The Kier molecular flexibility index (Phi) is 9.70. The maximum Gasteiger partial charge on any atom is 0.252 e. The Labute approximate surface area is 332 Å². The highest BCUT2D eigenvalue weighted by Gasteiger charge is 2.57. The summed E-state index contributed by atoms with van der Waals surface area (Å²) in [4.78, 5) is 44.2. The molecule has 4 aromatic carbocycles. The van der Waals surface area contributed by atoms with Crippen LogP contribution in [0.3, 0.4) is 0 Å². The quantitative estimate of drug-likeness (QED) is 0.127. The summed E-state index contributed by atoms with van der Waals surface area (Å²) in [6, 6.07) is 40.5. The maximum absolute atomic E-state index is 12.6. The van der Waals surface area contributed by atoms with Crippen LogP contribution in [0.25, 0.3) is 10.9 Å². The van der Waals surface area contributed by atoms with E-state index in [9.17, 15) is 9.59 Å². The molecule has 11 heteroatoms. The molecule has 7 aromatic rings. The first-order valence-corrected chi connectivity index (χ1v) is 20.1. The van der Waals surface area contributed by atoms with E-state index >= 15 is 0 Å². The summed E-state index contributed by atoms with van der Waals surface area (Å²) in [7, 11) is 3.30. The third kappa shape index (κ3) is 6.46. The molecule has 1 aliphatic carbocycles. The van der Waals surface area contributed by atoms with Crippen LogP contribution in [-0.2, 0) is 6.54 Å². The number of rotatable bonds is 10. The van der Waals surface area contributed by atoms with Gasteiger partial charge in [-0.1, -0.05) is 66.0 Å². The Morgan fingerprint density at radius 3 is 1.80 bits per heavy atom. The number of carbonyl (C=O) groups excluding carboxylic acids is 2. The molecule has 4 heterocycles. The molecule has 2 atom stereocenters.